The SMILES string of the molecule is CC1OC(=O)OC1COC(=O)[C@H]1[C@@H]2CC[C@@](NC(=O)OC(C)(C)C)(C(=O)OCC3OC(=O)OC3C)[C@@H]21. The van der Waals surface area contributed by atoms with E-state index in [0.29, 0.717) is 6.42 Å². The third-order valence-corrected chi connectivity index (χ3v) is 6.85. The molecule has 8 atom stereocenters. The van der Waals surface area contributed by atoms with Gasteiger partial charge in [0.05, 0.1) is 5.92 Å². The Morgan fingerprint density at radius 3 is 2.00 bits per heavy atom. The Kier molecular flexibility index (Phi) is 6.69. The molecule has 2 saturated heterocycles. The highest BCUT2D eigenvalue weighted by atomic mass is 16.8. The molecule has 0 bridgehead atoms. The van der Waals surface area contributed by atoms with E-state index in [4.69, 9.17) is 33.2 Å². The molecule has 0 aromatic rings. The molecule has 0 radical (unpaired) electrons. The van der Waals surface area contributed by atoms with Crippen molar-refractivity contribution in [2.24, 2.45) is 17.8 Å². The van der Waals surface area contributed by atoms with Gasteiger partial charge in [-0.25, -0.2) is 19.2 Å². The van der Waals surface area contributed by atoms with Crippen LogP contribution in [0, 0.1) is 17.8 Å². The van der Waals surface area contributed by atoms with E-state index in [1.165, 1.54) is 0 Å². The number of carbonyl (C=O) groups excluding carboxylic acids is 5. The number of ether oxygens (including phenoxy) is 7. The number of hydrogen-bond acceptors (Lipinski definition) is 12. The summed E-state index contributed by atoms with van der Waals surface area (Å²) in [6.45, 7) is 7.80. The molecule has 200 valence electrons. The molecule has 2 saturated carbocycles. The van der Waals surface area contributed by atoms with Crippen LogP contribution in [0.2, 0.25) is 0 Å². The van der Waals surface area contributed by atoms with Gasteiger partial charge < -0.3 is 38.5 Å². The minimum Gasteiger partial charge on any atom is -0.461 e. The van der Waals surface area contributed by atoms with E-state index in [2.05, 4.69) is 5.32 Å². The van der Waals surface area contributed by atoms with E-state index < -0.39 is 77.7 Å². The average molecular weight is 513 g/mol. The van der Waals surface area contributed by atoms with Crippen molar-refractivity contribution >= 4 is 30.3 Å². The van der Waals surface area contributed by atoms with Crippen molar-refractivity contribution in [3.8, 4) is 0 Å². The van der Waals surface area contributed by atoms with Gasteiger partial charge in [0.1, 0.15) is 36.6 Å². The number of nitrogens with one attached hydrogen (secondary N) is 1. The lowest BCUT2D eigenvalue weighted by atomic mass is 9.90. The zero-order valence-electron chi connectivity index (χ0n) is 20.8. The maximum absolute atomic E-state index is 13.4. The van der Waals surface area contributed by atoms with Crippen LogP contribution in [0.5, 0.6) is 0 Å². The van der Waals surface area contributed by atoms with Crippen molar-refractivity contribution in [2.45, 2.75) is 83.0 Å². The van der Waals surface area contributed by atoms with Gasteiger partial charge in [-0.2, -0.15) is 0 Å². The van der Waals surface area contributed by atoms with Crippen LogP contribution in [0.4, 0.5) is 14.4 Å². The van der Waals surface area contributed by atoms with E-state index in [0.717, 1.165) is 0 Å². The largest absolute Gasteiger partial charge is 0.509 e. The number of amides is 1. The van der Waals surface area contributed by atoms with E-state index >= 15 is 0 Å². The molecule has 2 heterocycles. The Morgan fingerprint density at radius 1 is 0.944 bits per heavy atom. The van der Waals surface area contributed by atoms with Gasteiger partial charge in [0.2, 0.25) is 0 Å². The molecule has 0 aromatic carbocycles. The second-order valence-corrected chi connectivity index (χ2v) is 10.5. The summed E-state index contributed by atoms with van der Waals surface area (Å²) >= 11 is 0. The van der Waals surface area contributed by atoms with E-state index in [-0.39, 0.29) is 25.6 Å². The molecule has 1 N–H and O–H groups in total. The topological polar surface area (TPSA) is 162 Å². The molecule has 2 aliphatic heterocycles. The molecule has 1 amide bonds. The van der Waals surface area contributed by atoms with Gasteiger partial charge in [-0.05, 0) is 53.4 Å². The van der Waals surface area contributed by atoms with Crippen molar-refractivity contribution in [3.05, 3.63) is 0 Å². The highest BCUT2D eigenvalue weighted by molar-refractivity contribution is 5.90. The first kappa shape index (κ1) is 25.8. The maximum Gasteiger partial charge on any atom is 0.509 e. The van der Waals surface area contributed by atoms with Gasteiger partial charge in [0.25, 0.3) is 0 Å². The molecular weight excluding hydrogens is 482 g/mol. The summed E-state index contributed by atoms with van der Waals surface area (Å²) in [7, 11) is 0. The molecule has 4 fully saturated rings. The number of esters is 2. The molecule has 4 rings (SSSR count). The highest BCUT2D eigenvalue weighted by Gasteiger charge is 2.73. The molecule has 4 unspecified atom stereocenters. The number of carbonyl (C=O) groups is 5. The summed E-state index contributed by atoms with van der Waals surface area (Å²) in [6.07, 6.45) is -4.53. The third kappa shape index (κ3) is 5.14. The van der Waals surface area contributed by atoms with Crippen molar-refractivity contribution < 1.29 is 57.1 Å². The third-order valence-electron chi connectivity index (χ3n) is 6.85. The maximum atomic E-state index is 13.4. The van der Waals surface area contributed by atoms with E-state index in [9.17, 15) is 24.0 Å². The van der Waals surface area contributed by atoms with E-state index in [1.54, 1.807) is 34.6 Å². The first-order valence-corrected chi connectivity index (χ1v) is 11.9. The quantitative estimate of drug-likeness (QED) is 0.389. The summed E-state index contributed by atoms with van der Waals surface area (Å²) in [5.74, 6) is -2.80. The molecular formula is C23H31NO12. The fraction of sp³-hybridized carbons (Fsp3) is 0.783. The number of rotatable bonds is 7. The number of fused-ring (bicyclic) bond motifs is 1. The van der Waals surface area contributed by atoms with Crippen LogP contribution in [0.1, 0.15) is 47.5 Å². The predicted octanol–water partition coefficient (Wildman–Crippen LogP) is 1.84. The number of alkyl carbamates (subject to hydrolysis) is 1. The molecule has 13 heteroatoms. The molecule has 13 nitrogen and oxygen atoms in total. The van der Waals surface area contributed by atoms with Gasteiger partial charge in [-0.1, -0.05) is 0 Å². The smallest absolute Gasteiger partial charge is 0.461 e. The lowest BCUT2D eigenvalue weighted by molar-refractivity contribution is -0.157. The summed E-state index contributed by atoms with van der Waals surface area (Å²) in [6, 6.07) is 0. The van der Waals surface area contributed by atoms with Crippen LogP contribution >= 0.6 is 0 Å². The van der Waals surface area contributed by atoms with Gasteiger partial charge >= 0.3 is 30.3 Å². The average Bonchev–Trinajstić information content (AvgIpc) is 3.04. The van der Waals surface area contributed by atoms with Crippen molar-refractivity contribution in [3.63, 3.8) is 0 Å². The fourth-order valence-electron chi connectivity index (χ4n) is 5.04. The summed E-state index contributed by atoms with van der Waals surface area (Å²) in [5.41, 5.74) is -2.35. The van der Waals surface area contributed by atoms with Crippen LogP contribution in [-0.4, -0.2) is 79.1 Å². The predicted molar refractivity (Wildman–Crippen MR) is 115 cm³/mol. The van der Waals surface area contributed by atoms with Gasteiger partial charge in [0.15, 0.2) is 12.2 Å². The summed E-state index contributed by atoms with van der Waals surface area (Å²) in [5, 5.41) is 2.66. The highest BCUT2D eigenvalue weighted by Crippen LogP contribution is 2.63. The Labute approximate surface area is 207 Å². The number of hydrogen-bond donors (Lipinski definition) is 1. The first-order chi connectivity index (χ1) is 16.8. The van der Waals surface area contributed by atoms with Crippen LogP contribution in [0.15, 0.2) is 0 Å². The van der Waals surface area contributed by atoms with Crippen molar-refractivity contribution in [1.82, 2.24) is 5.32 Å². The van der Waals surface area contributed by atoms with Crippen LogP contribution < -0.4 is 5.32 Å². The zero-order valence-corrected chi connectivity index (χ0v) is 20.8. The standard InChI is InChI=1S/C23H31NO12/c1-10-13(34-20(28)32-10)8-30-17(25)15-12-6-7-23(16(12)15,24-19(27)36-22(3,4)5)18(26)31-9-14-11(2)33-21(29)35-14/h10-16H,6-9H2,1-5H3,(H,24,27)/t10?,11?,12-,13?,14?,15-,16-,23-/m0/s1. The molecule has 4 aliphatic rings. The van der Waals surface area contributed by atoms with Crippen LogP contribution in [0.25, 0.3) is 0 Å². The first-order valence-electron chi connectivity index (χ1n) is 11.9. The molecule has 36 heavy (non-hydrogen) atoms. The monoisotopic (exact) mass is 513 g/mol. The van der Waals surface area contributed by atoms with Crippen molar-refractivity contribution in [2.75, 3.05) is 13.2 Å². The van der Waals surface area contributed by atoms with Gasteiger partial charge in [-0.15, -0.1) is 0 Å². The number of cyclic esters (lactones) is 4. The lowest BCUT2D eigenvalue weighted by Crippen LogP contribution is -2.58. The lowest BCUT2D eigenvalue weighted by Gasteiger charge is -2.32. The molecule has 0 spiro atoms. The minimum atomic E-state index is -1.53. The Balaban J connectivity index is 1.44. The summed E-state index contributed by atoms with van der Waals surface area (Å²) in [4.78, 5) is 61.5. The normalized spacial score (nSPS) is 36.5. The van der Waals surface area contributed by atoms with Gasteiger partial charge in [0, 0.05) is 5.92 Å². The second-order valence-electron chi connectivity index (χ2n) is 10.5. The Morgan fingerprint density at radius 2 is 1.50 bits per heavy atom. The molecule has 0 aromatic heterocycles. The zero-order chi connectivity index (χ0) is 26.4. The Bertz CT molecular complexity index is 944. The van der Waals surface area contributed by atoms with E-state index in [1.807, 2.05) is 0 Å². The van der Waals surface area contributed by atoms with Gasteiger partial charge in [-0.3, -0.25) is 4.79 Å². The Hall–Kier alpha value is -3.25. The molecule has 2 aliphatic carbocycles. The minimum absolute atomic E-state index is 0.191. The fourth-order valence-corrected chi connectivity index (χ4v) is 5.04. The van der Waals surface area contributed by atoms with Crippen LogP contribution in [0.3, 0.4) is 0 Å². The van der Waals surface area contributed by atoms with Crippen molar-refractivity contribution in [1.29, 1.82) is 0 Å². The second kappa shape index (κ2) is 9.32. The summed E-state index contributed by atoms with van der Waals surface area (Å²) < 4.78 is 35.9. The van der Waals surface area contributed by atoms with Crippen LogP contribution in [-0.2, 0) is 42.7 Å².